The SMILES string of the molecule is CCCCN1C(=O)c2c(ccn2CCCC)Nc2ccccc21. The Balaban J connectivity index is 2.03. The summed E-state index contributed by atoms with van der Waals surface area (Å²) in [6.45, 7) is 5.97. The summed E-state index contributed by atoms with van der Waals surface area (Å²) >= 11 is 0. The van der Waals surface area contributed by atoms with Crippen LogP contribution in [0.5, 0.6) is 0 Å². The zero-order valence-corrected chi connectivity index (χ0v) is 14.0. The van der Waals surface area contributed by atoms with Gasteiger partial charge in [-0.2, -0.15) is 0 Å². The number of fused-ring (bicyclic) bond motifs is 2. The number of unbranched alkanes of at least 4 members (excludes halogenated alkanes) is 2. The molecule has 0 atom stereocenters. The number of aromatic nitrogens is 1. The number of carbonyl (C=O) groups is 1. The topological polar surface area (TPSA) is 37.3 Å². The van der Waals surface area contributed by atoms with Gasteiger partial charge in [-0.1, -0.05) is 38.8 Å². The van der Waals surface area contributed by atoms with Crippen molar-refractivity contribution in [1.82, 2.24) is 4.57 Å². The second-order valence-electron chi connectivity index (χ2n) is 6.08. The number of hydrogen-bond donors (Lipinski definition) is 1. The lowest BCUT2D eigenvalue weighted by Crippen LogP contribution is -2.32. The Morgan fingerprint density at radius 1 is 0.957 bits per heavy atom. The highest BCUT2D eigenvalue weighted by Crippen LogP contribution is 2.36. The molecule has 3 rings (SSSR count). The molecule has 4 nitrogen and oxygen atoms in total. The maximum Gasteiger partial charge on any atom is 0.277 e. The zero-order chi connectivity index (χ0) is 16.2. The highest BCUT2D eigenvalue weighted by Gasteiger charge is 2.28. The normalized spacial score (nSPS) is 13.3. The summed E-state index contributed by atoms with van der Waals surface area (Å²) < 4.78 is 2.10. The van der Waals surface area contributed by atoms with Gasteiger partial charge in [0.25, 0.3) is 5.91 Å². The van der Waals surface area contributed by atoms with Crippen LogP contribution in [-0.4, -0.2) is 17.0 Å². The molecule has 23 heavy (non-hydrogen) atoms. The van der Waals surface area contributed by atoms with Crippen LogP contribution >= 0.6 is 0 Å². The molecule has 0 fully saturated rings. The van der Waals surface area contributed by atoms with Crippen LogP contribution in [0.1, 0.15) is 50.0 Å². The molecule has 1 amide bonds. The van der Waals surface area contributed by atoms with Crippen molar-refractivity contribution in [2.45, 2.75) is 46.1 Å². The summed E-state index contributed by atoms with van der Waals surface area (Å²) in [6.07, 6.45) is 6.30. The number of hydrogen-bond acceptors (Lipinski definition) is 2. The number of amides is 1. The molecular weight excluding hydrogens is 286 g/mol. The van der Waals surface area contributed by atoms with Crippen molar-refractivity contribution in [1.29, 1.82) is 0 Å². The Morgan fingerprint density at radius 3 is 2.48 bits per heavy atom. The highest BCUT2D eigenvalue weighted by molar-refractivity contribution is 6.12. The molecule has 0 saturated carbocycles. The van der Waals surface area contributed by atoms with Crippen LogP contribution in [0.3, 0.4) is 0 Å². The molecule has 1 N–H and O–H groups in total. The van der Waals surface area contributed by atoms with E-state index in [1.54, 1.807) is 0 Å². The fourth-order valence-electron chi connectivity index (χ4n) is 3.06. The molecule has 0 bridgehead atoms. The van der Waals surface area contributed by atoms with Gasteiger partial charge in [0.2, 0.25) is 0 Å². The van der Waals surface area contributed by atoms with Crippen molar-refractivity contribution >= 4 is 23.0 Å². The number of rotatable bonds is 6. The predicted octanol–water partition coefficient (Wildman–Crippen LogP) is 4.79. The summed E-state index contributed by atoms with van der Waals surface area (Å²) in [5.74, 6) is 0.104. The van der Waals surface area contributed by atoms with Crippen molar-refractivity contribution in [3.05, 3.63) is 42.2 Å². The van der Waals surface area contributed by atoms with E-state index < -0.39 is 0 Å². The Kier molecular flexibility index (Phi) is 4.70. The quantitative estimate of drug-likeness (QED) is 0.832. The minimum atomic E-state index is 0.104. The van der Waals surface area contributed by atoms with E-state index in [9.17, 15) is 4.79 Å². The van der Waals surface area contributed by atoms with Crippen LogP contribution in [-0.2, 0) is 6.54 Å². The molecule has 1 aromatic heterocycles. The maximum absolute atomic E-state index is 13.2. The number of carbonyl (C=O) groups excluding carboxylic acids is 1. The van der Waals surface area contributed by atoms with Gasteiger partial charge in [0, 0.05) is 19.3 Å². The van der Waals surface area contributed by atoms with Crippen LogP contribution in [0.15, 0.2) is 36.5 Å². The third-order valence-corrected chi connectivity index (χ3v) is 4.36. The molecule has 2 aromatic rings. The van der Waals surface area contributed by atoms with Gasteiger partial charge in [-0.15, -0.1) is 0 Å². The smallest absolute Gasteiger partial charge is 0.277 e. The van der Waals surface area contributed by atoms with Gasteiger partial charge in [0.05, 0.1) is 17.1 Å². The van der Waals surface area contributed by atoms with Crippen LogP contribution in [0.25, 0.3) is 0 Å². The highest BCUT2D eigenvalue weighted by atomic mass is 16.2. The standard InChI is InChI=1S/C19H25N3O/c1-3-5-12-21-14-11-16-18(21)19(23)22(13-6-4-2)17-10-8-7-9-15(17)20-16/h7-11,14,20H,3-6,12-13H2,1-2H3. The average molecular weight is 311 g/mol. The molecule has 0 aliphatic carbocycles. The van der Waals surface area contributed by atoms with Gasteiger partial charge in [0.15, 0.2) is 0 Å². The number of para-hydroxylation sites is 2. The summed E-state index contributed by atoms with van der Waals surface area (Å²) in [7, 11) is 0. The lowest BCUT2D eigenvalue weighted by atomic mass is 10.2. The Bertz CT molecular complexity index is 690. The van der Waals surface area contributed by atoms with E-state index in [4.69, 9.17) is 0 Å². The van der Waals surface area contributed by atoms with Gasteiger partial charge in [-0.05, 0) is 31.0 Å². The van der Waals surface area contributed by atoms with Crippen LogP contribution in [0, 0.1) is 0 Å². The number of benzene rings is 1. The first-order valence-electron chi connectivity index (χ1n) is 8.63. The minimum Gasteiger partial charge on any atom is -0.352 e. The third kappa shape index (κ3) is 2.98. The van der Waals surface area contributed by atoms with E-state index in [2.05, 4.69) is 23.7 Å². The van der Waals surface area contributed by atoms with E-state index in [1.165, 1.54) is 0 Å². The third-order valence-electron chi connectivity index (χ3n) is 4.36. The average Bonchev–Trinajstić information content (AvgIpc) is 2.91. The van der Waals surface area contributed by atoms with Gasteiger partial charge in [0.1, 0.15) is 5.69 Å². The molecule has 0 radical (unpaired) electrons. The van der Waals surface area contributed by atoms with E-state index in [1.807, 2.05) is 41.4 Å². The summed E-state index contributed by atoms with van der Waals surface area (Å²) in [4.78, 5) is 15.1. The zero-order valence-electron chi connectivity index (χ0n) is 14.0. The van der Waals surface area contributed by atoms with Crippen LogP contribution in [0.2, 0.25) is 0 Å². The molecule has 1 aliphatic heterocycles. The molecular formula is C19H25N3O. The Labute approximate surface area is 138 Å². The van der Waals surface area contributed by atoms with E-state index >= 15 is 0 Å². The minimum absolute atomic E-state index is 0.104. The summed E-state index contributed by atoms with van der Waals surface area (Å²) in [5.41, 5.74) is 3.68. The van der Waals surface area contributed by atoms with Crippen LogP contribution < -0.4 is 10.2 Å². The maximum atomic E-state index is 13.2. The number of aryl methyl sites for hydroxylation is 1. The van der Waals surface area contributed by atoms with Crippen molar-refractivity contribution in [3.63, 3.8) is 0 Å². The van der Waals surface area contributed by atoms with E-state index in [-0.39, 0.29) is 5.91 Å². The van der Waals surface area contributed by atoms with Gasteiger partial charge >= 0.3 is 0 Å². The van der Waals surface area contributed by atoms with Gasteiger partial charge in [-0.3, -0.25) is 4.79 Å². The van der Waals surface area contributed by atoms with E-state index in [0.717, 1.165) is 61.5 Å². The molecule has 122 valence electrons. The van der Waals surface area contributed by atoms with Crippen molar-refractivity contribution in [3.8, 4) is 0 Å². The fraction of sp³-hybridized carbons (Fsp3) is 0.421. The number of anilines is 3. The lowest BCUT2D eigenvalue weighted by molar-refractivity contribution is 0.0979. The Hall–Kier alpha value is -2.23. The number of nitrogens with one attached hydrogen (secondary N) is 1. The summed E-state index contributed by atoms with van der Waals surface area (Å²) in [5, 5.41) is 3.45. The van der Waals surface area contributed by atoms with Crippen molar-refractivity contribution in [2.75, 3.05) is 16.8 Å². The molecule has 4 heteroatoms. The molecule has 0 spiro atoms. The predicted molar refractivity (Wildman–Crippen MR) is 95.6 cm³/mol. The molecule has 1 aromatic carbocycles. The van der Waals surface area contributed by atoms with Gasteiger partial charge < -0.3 is 14.8 Å². The largest absolute Gasteiger partial charge is 0.352 e. The molecule has 0 unspecified atom stereocenters. The first-order valence-corrected chi connectivity index (χ1v) is 8.63. The lowest BCUT2D eigenvalue weighted by Gasteiger charge is -2.23. The monoisotopic (exact) mass is 311 g/mol. The van der Waals surface area contributed by atoms with E-state index in [0.29, 0.717) is 0 Å². The molecule has 2 heterocycles. The second kappa shape index (κ2) is 6.90. The van der Waals surface area contributed by atoms with Crippen molar-refractivity contribution in [2.24, 2.45) is 0 Å². The first-order chi connectivity index (χ1) is 11.3. The first kappa shape index (κ1) is 15.7. The summed E-state index contributed by atoms with van der Waals surface area (Å²) in [6, 6.07) is 10.1. The van der Waals surface area contributed by atoms with Crippen LogP contribution in [0.4, 0.5) is 17.1 Å². The fourth-order valence-corrected chi connectivity index (χ4v) is 3.06. The number of nitrogens with zero attached hydrogens (tertiary/aromatic N) is 2. The van der Waals surface area contributed by atoms with Gasteiger partial charge in [-0.25, -0.2) is 0 Å². The second-order valence-corrected chi connectivity index (χ2v) is 6.08. The molecule has 1 aliphatic rings. The Morgan fingerprint density at radius 2 is 1.70 bits per heavy atom. The van der Waals surface area contributed by atoms with Crippen molar-refractivity contribution < 1.29 is 4.79 Å². The molecule has 0 saturated heterocycles.